The number of carbonyl (C=O) groups is 3. The predicted molar refractivity (Wildman–Crippen MR) is 115 cm³/mol. The highest BCUT2D eigenvalue weighted by Gasteiger charge is 2.51. The van der Waals surface area contributed by atoms with Crippen LogP contribution in [0.3, 0.4) is 0 Å². The number of amides is 4. The minimum Gasteiger partial charge on any atom is -0.495 e. The number of ether oxygens (including phenoxy) is 1. The lowest BCUT2D eigenvalue weighted by Crippen LogP contribution is -2.41. The van der Waals surface area contributed by atoms with Crippen LogP contribution in [0, 0.1) is 6.92 Å². The third-order valence-electron chi connectivity index (χ3n) is 5.25. The molecule has 2 N–H and O–H groups in total. The smallest absolute Gasteiger partial charge is 0.325 e. The van der Waals surface area contributed by atoms with E-state index in [0.29, 0.717) is 27.8 Å². The second-order valence-electron chi connectivity index (χ2n) is 7.44. The first-order valence-electron chi connectivity index (χ1n) is 9.50. The molecule has 3 aromatic rings. The molecule has 31 heavy (non-hydrogen) atoms. The van der Waals surface area contributed by atoms with Gasteiger partial charge in [-0.25, -0.2) is 4.79 Å². The van der Waals surface area contributed by atoms with Crippen LogP contribution in [0.2, 0.25) is 5.02 Å². The van der Waals surface area contributed by atoms with E-state index >= 15 is 0 Å². The van der Waals surface area contributed by atoms with Gasteiger partial charge in [-0.15, -0.1) is 0 Å². The van der Waals surface area contributed by atoms with Crippen molar-refractivity contribution in [3.63, 3.8) is 0 Å². The number of carbonyl (C=O) groups excluding carboxylic acids is 3. The van der Waals surface area contributed by atoms with Gasteiger partial charge in [0.2, 0.25) is 5.91 Å². The number of para-hydroxylation sites is 1. The van der Waals surface area contributed by atoms with Crippen LogP contribution in [0.4, 0.5) is 10.5 Å². The van der Waals surface area contributed by atoms with Crippen molar-refractivity contribution < 1.29 is 23.5 Å². The molecule has 8 nitrogen and oxygen atoms in total. The molecule has 160 valence electrons. The zero-order valence-corrected chi connectivity index (χ0v) is 17.9. The normalized spacial score (nSPS) is 18.4. The van der Waals surface area contributed by atoms with Crippen molar-refractivity contribution in [2.45, 2.75) is 19.4 Å². The molecule has 4 amide bonds. The summed E-state index contributed by atoms with van der Waals surface area (Å²) in [5.41, 5.74) is 0.319. The largest absolute Gasteiger partial charge is 0.495 e. The Bertz CT molecular complexity index is 1190. The number of rotatable bonds is 5. The van der Waals surface area contributed by atoms with Gasteiger partial charge in [0.15, 0.2) is 5.54 Å². The molecular formula is C22H20ClN3O5. The Morgan fingerprint density at radius 2 is 2.00 bits per heavy atom. The van der Waals surface area contributed by atoms with Gasteiger partial charge in [0.1, 0.15) is 23.6 Å². The summed E-state index contributed by atoms with van der Waals surface area (Å²) in [4.78, 5) is 39.1. The van der Waals surface area contributed by atoms with Crippen molar-refractivity contribution >= 4 is 46.1 Å². The summed E-state index contributed by atoms with van der Waals surface area (Å²) in [7, 11) is 1.45. The van der Waals surface area contributed by atoms with E-state index in [2.05, 4.69) is 10.6 Å². The number of imide groups is 1. The van der Waals surface area contributed by atoms with Crippen LogP contribution >= 0.6 is 11.6 Å². The molecule has 1 atom stereocenters. The van der Waals surface area contributed by atoms with Crippen LogP contribution in [-0.4, -0.2) is 36.4 Å². The first-order chi connectivity index (χ1) is 14.7. The summed E-state index contributed by atoms with van der Waals surface area (Å²) in [6, 6.07) is 11.6. The number of hydrogen-bond acceptors (Lipinski definition) is 5. The number of fused-ring (bicyclic) bond motifs is 1. The molecule has 1 aromatic heterocycles. The zero-order chi connectivity index (χ0) is 22.3. The van der Waals surface area contributed by atoms with Gasteiger partial charge in [0, 0.05) is 16.5 Å². The summed E-state index contributed by atoms with van der Waals surface area (Å²) >= 11 is 6.09. The number of anilines is 1. The fourth-order valence-electron chi connectivity index (χ4n) is 3.50. The number of furan rings is 1. The van der Waals surface area contributed by atoms with Gasteiger partial charge in [0.05, 0.1) is 12.8 Å². The average molecular weight is 442 g/mol. The van der Waals surface area contributed by atoms with Crippen LogP contribution < -0.4 is 15.4 Å². The third-order valence-corrected chi connectivity index (χ3v) is 5.66. The van der Waals surface area contributed by atoms with Gasteiger partial charge in [-0.3, -0.25) is 14.5 Å². The van der Waals surface area contributed by atoms with Crippen molar-refractivity contribution in [3.8, 4) is 5.75 Å². The van der Waals surface area contributed by atoms with Crippen molar-refractivity contribution in [2.75, 3.05) is 19.0 Å². The van der Waals surface area contributed by atoms with E-state index in [4.69, 9.17) is 20.8 Å². The third kappa shape index (κ3) is 3.59. The number of nitrogens with one attached hydrogen (secondary N) is 2. The highest BCUT2D eigenvalue weighted by molar-refractivity contribution is 6.31. The molecule has 1 saturated heterocycles. The SMILES string of the molecule is COc1cc(Cl)c(C)cc1NC(=O)CN1C(=O)NC(C)(c2cc3ccccc3o2)C1=O. The van der Waals surface area contributed by atoms with Crippen LogP contribution in [0.25, 0.3) is 11.0 Å². The maximum atomic E-state index is 13.1. The molecule has 0 radical (unpaired) electrons. The van der Waals surface area contributed by atoms with Crippen LogP contribution in [-0.2, 0) is 15.1 Å². The van der Waals surface area contributed by atoms with E-state index in [1.54, 1.807) is 38.1 Å². The van der Waals surface area contributed by atoms with Gasteiger partial charge in [-0.2, -0.15) is 0 Å². The number of halogens is 1. The topological polar surface area (TPSA) is 101 Å². The lowest BCUT2D eigenvalue weighted by atomic mass is 9.99. The van der Waals surface area contributed by atoms with Crippen LogP contribution in [0.5, 0.6) is 5.75 Å². The van der Waals surface area contributed by atoms with Gasteiger partial charge in [0.25, 0.3) is 5.91 Å². The van der Waals surface area contributed by atoms with Crippen LogP contribution in [0.1, 0.15) is 18.2 Å². The molecule has 4 rings (SSSR count). The molecule has 1 fully saturated rings. The molecule has 1 unspecified atom stereocenters. The molecule has 0 spiro atoms. The number of hydrogen-bond donors (Lipinski definition) is 2. The first-order valence-corrected chi connectivity index (χ1v) is 9.88. The lowest BCUT2D eigenvalue weighted by molar-refractivity contribution is -0.134. The molecule has 9 heteroatoms. The Morgan fingerprint density at radius 1 is 1.26 bits per heavy atom. The molecule has 0 bridgehead atoms. The summed E-state index contributed by atoms with van der Waals surface area (Å²) in [6.45, 7) is 2.87. The van der Waals surface area contributed by atoms with E-state index in [0.717, 1.165) is 15.8 Å². The summed E-state index contributed by atoms with van der Waals surface area (Å²) in [5.74, 6) is -0.471. The summed E-state index contributed by atoms with van der Waals surface area (Å²) < 4.78 is 11.0. The standard InChI is InChI=1S/C22H20ClN3O5/c1-12-8-15(17(30-3)10-14(12)23)24-19(27)11-26-20(28)22(2,25-21(26)29)18-9-13-6-4-5-7-16(13)31-18/h4-10H,11H2,1-3H3,(H,24,27)(H,25,29). The number of methoxy groups -OCH3 is 1. The van der Waals surface area contributed by atoms with Crippen LogP contribution in [0.15, 0.2) is 46.9 Å². The quantitative estimate of drug-likeness (QED) is 0.586. The zero-order valence-electron chi connectivity index (χ0n) is 17.1. The number of urea groups is 1. The minimum absolute atomic E-state index is 0.296. The molecular weight excluding hydrogens is 422 g/mol. The average Bonchev–Trinajstić information content (AvgIpc) is 3.26. The fourth-order valence-corrected chi connectivity index (χ4v) is 3.65. The molecule has 1 aliphatic heterocycles. The first kappa shape index (κ1) is 20.7. The van der Waals surface area contributed by atoms with Gasteiger partial charge in [-0.05, 0) is 37.6 Å². The monoisotopic (exact) mass is 441 g/mol. The maximum Gasteiger partial charge on any atom is 0.325 e. The maximum absolute atomic E-state index is 13.1. The van der Waals surface area contributed by atoms with E-state index in [1.165, 1.54) is 7.11 Å². The summed E-state index contributed by atoms with van der Waals surface area (Å²) in [5, 5.41) is 6.60. The number of benzene rings is 2. The van der Waals surface area contributed by atoms with E-state index in [9.17, 15) is 14.4 Å². The number of aryl methyl sites for hydroxylation is 1. The molecule has 0 aliphatic carbocycles. The molecule has 2 heterocycles. The van der Waals surface area contributed by atoms with Crippen molar-refractivity contribution in [1.29, 1.82) is 0 Å². The predicted octanol–water partition coefficient (Wildman–Crippen LogP) is 3.81. The lowest BCUT2D eigenvalue weighted by Gasteiger charge is -2.19. The van der Waals surface area contributed by atoms with Gasteiger partial charge >= 0.3 is 6.03 Å². The van der Waals surface area contributed by atoms with Gasteiger partial charge in [-0.1, -0.05) is 29.8 Å². The van der Waals surface area contributed by atoms with Crippen molar-refractivity contribution in [3.05, 3.63) is 58.8 Å². The Hall–Kier alpha value is -3.52. The van der Waals surface area contributed by atoms with Crippen molar-refractivity contribution in [1.82, 2.24) is 10.2 Å². The fraction of sp³-hybridized carbons (Fsp3) is 0.227. The number of nitrogens with zero attached hydrogens (tertiary/aromatic N) is 1. The van der Waals surface area contributed by atoms with Crippen molar-refractivity contribution in [2.24, 2.45) is 0 Å². The highest BCUT2D eigenvalue weighted by atomic mass is 35.5. The second-order valence-corrected chi connectivity index (χ2v) is 7.85. The Labute approximate surface area is 183 Å². The Kier molecular flexibility index (Phi) is 5.10. The van der Waals surface area contributed by atoms with Gasteiger partial charge < -0.3 is 19.8 Å². The Balaban J connectivity index is 1.54. The van der Waals surface area contributed by atoms with E-state index in [-0.39, 0.29) is 0 Å². The summed E-state index contributed by atoms with van der Waals surface area (Å²) in [6.07, 6.45) is 0. The molecule has 2 aromatic carbocycles. The molecule has 0 saturated carbocycles. The van der Waals surface area contributed by atoms with E-state index in [1.807, 2.05) is 18.2 Å². The molecule has 1 aliphatic rings. The van der Waals surface area contributed by atoms with E-state index < -0.39 is 29.9 Å². The Morgan fingerprint density at radius 3 is 2.71 bits per heavy atom. The second kappa shape index (κ2) is 7.63. The minimum atomic E-state index is -1.41. The highest BCUT2D eigenvalue weighted by Crippen LogP contribution is 2.34.